The number of amides is 1. The van der Waals surface area contributed by atoms with Crippen molar-refractivity contribution >= 4 is 5.91 Å². The molecule has 0 radical (unpaired) electrons. The van der Waals surface area contributed by atoms with Gasteiger partial charge in [0.2, 0.25) is 0 Å². The van der Waals surface area contributed by atoms with Crippen molar-refractivity contribution in [2.45, 2.75) is 38.3 Å². The van der Waals surface area contributed by atoms with Crippen LogP contribution in [0, 0.1) is 0 Å². The van der Waals surface area contributed by atoms with Gasteiger partial charge in [0, 0.05) is 37.6 Å². The standard InChI is InChI=1S/C17H20N4O2/c22-17(16-19-10-13-4-1-2-8-21(13)16)20-9-6-15(12-20)23-14-5-3-7-18-11-14/h3,5,7,10-11,15H,1-2,4,6,8-9,12H2. The molecule has 1 fully saturated rings. The predicted molar refractivity (Wildman–Crippen MR) is 84.3 cm³/mol. The van der Waals surface area contributed by atoms with E-state index in [4.69, 9.17) is 4.74 Å². The van der Waals surface area contributed by atoms with Gasteiger partial charge in [-0.3, -0.25) is 9.78 Å². The zero-order chi connectivity index (χ0) is 15.6. The summed E-state index contributed by atoms with van der Waals surface area (Å²) in [6.07, 6.45) is 9.47. The first-order valence-corrected chi connectivity index (χ1v) is 8.21. The smallest absolute Gasteiger partial charge is 0.289 e. The molecule has 2 aromatic heterocycles. The lowest BCUT2D eigenvalue weighted by Crippen LogP contribution is -2.33. The first-order chi connectivity index (χ1) is 11.3. The Bertz CT molecular complexity index is 698. The van der Waals surface area contributed by atoms with E-state index in [1.807, 2.05) is 23.2 Å². The van der Waals surface area contributed by atoms with Gasteiger partial charge in [0.1, 0.15) is 11.9 Å². The lowest BCUT2D eigenvalue weighted by atomic mass is 10.1. The Balaban J connectivity index is 1.43. The second-order valence-corrected chi connectivity index (χ2v) is 6.15. The number of rotatable bonds is 3. The fourth-order valence-corrected chi connectivity index (χ4v) is 3.37. The zero-order valence-corrected chi connectivity index (χ0v) is 13.0. The molecule has 1 saturated heterocycles. The van der Waals surface area contributed by atoms with Gasteiger partial charge in [0.15, 0.2) is 5.82 Å². The molecule has 1 unspecified atom stereocenters. The summed E-state index contributed by atoms with van der Waals surface area (Å²) >= 11 is 0. The fraction of sp³-hybridized carbons (Fsp3) is 0.471. The molecule has 23 heavy (non-hydrogen) atoms. The van der Waals surface area contributed by atoms with Crippen LogP contribution in [0.4, 0.5) is 0 Å². The maximum atomic E-state index is 12.8. The fourth-order valence-electron chi connectivity index (χ4n) is 3.37. The molecule has 0 spiro atoms. The van der Waals surface area contributed by atoms with E-state index in [-0.39, 0.29) is 12.0 Å². The molecule has 6 heteroatoms. The van der Waals surface area contributed by atoms with Crippen molar-refractivity contribution in [3.63, 3.8) is 0 Å². The minimum Gasteiger partial charge on any atom is -0.487 e. The first-order valence-electron chi connectivity index (χ1n) is 8.21. The molecule has 1 amide bonds. The van der Waals surface area contributed by atoms with Crippen molar-refractivity contribution in [2.75, 3.05) is 13.1 Å². The number of imidazole rings is 1. The van der Waals surface area contributed by atoms with E-state index >= 15 is 0 Å². The molecular formula is C17H20N4O2. The van der Waals surface area contributed by atoms with Crippen LogP contribution in [0.5, 0.6) is 5.75 Å². The van der Waals surface area contributed by atoms with E-state index < -0.39 is 0 Å². The summed E-state index contributed by atoms with van der Waals surface area (Å²) in [5.74, 6) is 1.36. The number of aryl methyl sites for hydroxylation is 1. The van der Waals surface area contributed by atoms with E-state index in [2.05, 4.69) is 14.5 Å². The summed E-state index contributed by atoms with van der Waals surface area (Å²) in [4.78, 5) is 23.0. The van der Waals surface area contributed by atoms with E-state index in [0.717, 1.165) is 31.6 Å². The van der Waals surface area contributed by atoms with E-state index in [0.29, 0.717) is 18.9 Å². The van der Waals surface area contributed by atoms with Gasteiger partial charge in [-0.2, -0.15) is 0 Å². The molecular weight excluding hydrogens is 292 g/mol. The number of hydrogen-bond donors (Lipinski definition) is 0. The Morgan fingerprint density at radius 3 is 3.09 bits per heavy atom. The Morgan fingerprint density at radius 1 is 1.26 bits per heavy atom. The minimum absolute atomic E-state index is 0.0236. The number of hydrogen-bond acceptors (Lipinski definition) is 4. The van der Waals surface area contributed by atoms with Crippen LogP contribution in [-0.4, -0.2) is 44.5 Å². The molecule has 4 heterocycles. The molecule has 4 rings (SSSR count). The molecule has 0 aromatic carbocycles. The van der Waals surface area contributed by atoms with E-state index in [1.54, 1.807) is 12.4 Å². The van der Waals surface area contributed by atoms with E-state index in [1.165, 1.54) is 12.1 Å². The third kappa shape index (κ3) is 2.81. The third-order valence-corrected chi connectivity index (χ3v) is 4.56. The highest BCUT2D eigenvalue weighted by atomic mass is 16.5. The molecule has 2 aliphatic heterocycles. The van der Waals surface area contributed by atoms with Crippen LogP contribution in [0.3, 0.4) is 0 Å². The lowest BCUT2D eigenvalue weighted by molar-refractivity contribution is 0.0754. The second-order valence-electron chi connectivity index (χ2n) is 6.15. The van der Waals surface area contributed by atoms with Crippen molar-refractivity contribution in [2.24, 2.45) is 0 Å². The van der Waals surface area contributed by atoms with Gasteiger partial charge in [-0.25, -0.2) is 4.98 Å². The van der Waals surface area contributed by atoms with Crippen molar-refractivity contribution < 1.29 is 9.53 Å². The molecule has 0 aliphatic carbocycles. The molecule has 2 aliphatic rings. The normalized spacial score (nSPS) is 20.3. The van der Waals surface area contributed by atoms with Crippen molar-refractivity contribution in [1.29, 1.82) is 0 Å². The quantitative estimate of drug-likeness (QED) is 0.868. The van der Waals surface area contributed by atoms with Gasteiger partial charge in [0.25, 0.3) is 5.91 Å². The van der Waals surface area contributed by atoms with Crippen LogP contribution >= 0.6 is 0 Å². The van der Waals surface area contributed by atoms with E-state index in [9.17, 15) is 4.79 Å². The van der Waals surface area contributed by atoms with Gasteiger partial charge in [-0.1, -0.05) is 0 Å². The number of carbonyl (C=O) groups is 1. The Hall–Kier alpha value is -2.37. The van der Waals surface area contributed by atoms with Crippen LogP contribution in [-0.2, 0) is 13.0 Å². The maximum Gasteiger partial charge on any atom is 0.289 e. The monoisotopic (exact) mass is 312 g/mol. The molecule has 6 nitrogen and oxygen atoms in total. The van der Waals surface area contributed by atoms with Crippen molar-refractivity contribution in [1.82, 2.24) is 19.4 Å². The summed E-state index contributed by atoms with van der Waals surface area (Å²) in [6, 6.07) is 3.74. The van der Waals surface area contributed by atoms with Crippen molar-refractivity contribution in [3.05, 3.63) is 42.2 Å². The highest BCUT2D eigenvalue weighted by Gasteiger charge is 2.31. The molecule has 120 valence electrons. The third-order valence-electron chi connectivity index (χ3n) is 4.56. The molecule has 2 aromatic rings. The number of carbonyl (C=O) groups excluding carboxylic acids is 1. The molecule has 0 N–H and O–H groups in total. The highest BCUT2D eigenvalue weighted by Crippen LogP contribution is 2.21. The maximum absolute atomic E-state index is 12.8. The highest BCUT2D eigenvalue weighted by molar-refractivity contribution is 5.91. The van der Waals surface area contributed by atoms with Gasteiger partial charge in [-0.15, -0.1) is 0 Å². The van der Waals surface area contributed by atoms with Crippen LogP contribution in [0.25, 0.3) is 0 Å². The van der Waals surface area contributed by atoms with Crippen molar-refractivity contribution in [3.8, 4) is 5.75 Å². The summed E-state index contributed by atoms with van der Waals surface area (Å²) in [5, 5.41) is 0. The predicted octanol–water partition coefficient (Wildman–Crippen LogP) is 1.91. The SMILES string of the molecule is O=C(c1ncc2n1CCCC2)N1CCC(Oc2cccnc2)C1. The number of likely N-dealkylation sites (tertiary alicyclic amines) is 1. The minimum atomic E-state index is 0.0236. The number of pyridine rings is 1. The number of fused-ring (bicyclic) bond motifs is 1. The summed E-state index contributed by atoms with van der Waals surface area (Å²) < 4.78 is 7.99. The summed E-state index contributed by atoms with van der Waals surface area (Å²) in [5.41, 5.74) is 1.18. The Labute approximate surface area is 135 Å². The summed E-state index contributed by atoms with van der Waals surface area (Å²) in [6.45, 7) is 2.22. The lowest BCUT2D eigenvalue weighted by Gasteiger charge is -2.20. The number of ether oxygens (including phenoxy) is 1. The van der Waals surface area contributed by atoms with Gasteiger partial charge < -0.3 is 14.2 Å². The van der Waals surface area contributed by atoms with Crippen LogP contribution in [0.2, 0.25) is 0 Å². The number of nitrogens with zero attached hydrogens (tertiary/aromatic N) is 4. The average molecular weight is 312 g/mol. The van der Waals surface area contributed by atoms with Gasteiger partial charge in [0.05, 0.1) is 12.7 Å². The van der Waals surface area contributed by atoms with Crippen LogP contribution < -0.4 is 4.74 Å². The Morgan fingerprint density at radius 2 is 2.22 bits per heavy atom. The largest absolute Gasteiger partial charge is 0.487 e. The summed E-state index contributed by atoms with van der Waals surface area (Å²) in [7, 11) is 0. The molecule has 1 atom stereocenters. The van der Waals surface area contributed by atoms with Crippen LogP contribution in [0.1, 0.15) is 35.6 Å². The van der Waals surface area contributed by atoms with Crippen LogP contribution in [0.15, 0.2) is 30.7 Å². The average Bonchev–Trinajstić information content (AvgIpc) is 3.22. The number of aromatic nitrogens is 3. The van der Waals surface area contributed by atoms with Gasteiger partial charge >= 0.3 is 0 Å². The molecule has 0 saturated carbocycles. The Kier molecular flexibility index (Phi) is 3.73. The topological polar surface area (TPSA) is 60.2 Å². The second kappa shape index (κ2) is 6.02. The molecule has 0 bridgehead atoms. The first kappa shape index (κ1) is 14.2. The zero-order valence-electron chi connectivity index (χ0n) is 13.0. The van der Waals surface area contributed by atoms with Gasteiger partial charge in [-0.05, 0) is 31.4 Å².